The fourth-order valence-electron chi connectivity index (χ4n) is 3.63. The van der Waals surface area contributed by atoms with Gasteiger partial charge in [-0.05, 0) is 42.7 Å². The molecule has 0 saturated carbocycles. The smallest absolute Gasteiger partial charge is 0.243 e. The molecule has 1 aliphatic rings. The number of hydrogen-bond acceptors (Lipinski definition) is 7. The van der Waals surface area contributed by atoms with Gasteiger partial charge in [0.1, 0.15) is 0 Å². The number of methoxy groups -OCH3 is 2. The van der Waals surface area contributed by atoms with Crippen molar-refractivity contribution in [2.75, 3.05) is 27.3 Å². The second kappa shape index (κ2) is 10.1. The van der Waals surface area contributed by atoms with E-state index in [1.165, 1.54) is 48.9 Å². The molecule has 10 nitrogen and oxygen atoms in total. The maximum atomic E-state index is 13.2. The van der Waals surface area contributed by atoms with E-state index >= 15 is 0 Å². The summed E-state index contributed by atoms with van der Waals surface area (Å²) in [6.45, 7) is 0.561. The topological polar surface area (TPSA) is 145 Å². The van der Waals surface area contributed by atoms with Crippen molar-refractivity contribution in [2.45, 2.75) is 29.2 Å². The number of nitrogens with one attached hydrogen (secondary N) is 1. The Morgan fingerprint density at radius 2 is 1.67 bits per heavy atom. The van der Waals surface area contributed by atoms with Crippen LogP contribution >= 0.6 is 0 Å². The Kier molecular flexibility index (Phi) is 7.62. The Balaban J connectivity index is 1.66. The van der Waals surface area contributed by atoms with Crippen molar-refractivity contribution in [1.29, 1.82) is 0 Å². The molecule has 33 heavy (non-hydrogen) atoms. The molecule has 3 N–H and O–H groups in total. The van der Waals surface area contributed by atoms with Crippen LogP contribution in [-0.4, -0.2) is 54.4 Å². The van der Waals surface area contributed by atoms with Gasteiger partial charge in [0.2, 0.25) is 26.0 Å². The van der Waals surface area contributed by atoms with Crippen molar-refractivity contribution in [3.8, 4) is 11.5 Å². The number of carbonyl (C=O) groups excluding carboxylic acids is 1. The second-order valence-corrected chi connectivity index (χ2v) is 11.1. The van der Waals surface area contributed by atoms with Crippen molar-refractivity contribution in [1.82, 2.24) is 9.62 Å². The molecule has 2 aromatic rings. The zero-order valence-electron chi connectivity index (χ0n) is 18.4. The molecule has 1 saturated heterocycles. The minimum atomic E-state index is -3.82. The van der Waals surface area contributed by atoms with Crippen LogP contribution in [-0.2, 0) is 31.4 Å². The van der Waals surface area contributed by atoms with Crippen molar-refractivity contribution in [3.63, 3.8) is 0 Å². The van der Waals surface area contributed by atoms with E-state index in [0.717, 1.165) is 0 Å². The summed E-state index contributed by atoms with van der Waals surface area (Å²) in [6.07, 6.45) is 1.11. The predicted molar refractivity (Wildman–Crippen MR) is 121 cm³/mol. The average Bonchev–Trinajstić information content (AvgIpc) is 2.81. The number of nitrogens with zero attached hydrogens (tertiary/aromatic N) is 1. The molecular formula is C21H27N3O7S2. The van der Waals surface area contributed by atoms with Gasteiger partial charge in [-0.25, -0.2) is 22.0 Å². The Morgan fingerprint density at radius 1 is 1.03 bits per heavy atom. The van der Waals surface area contributed by atoms with Gasteiger partial charge in [0.05, 0.1) is 29.9 Å². The number of piperidine rings is 1. The molecule has 1 heterocycles. The van der Waals surface area contributed by atoms with Gasteiger partial charge >= 0.3 is 0 Å². The number of hydrogen-bond donors (Lipinski definition) is 2. The molecule has 180 valence electrons. The fraction of sp³-hybridized carbons (Fsp3) is 0.381. The summed E-state index contributed by atoms with van der Waals surface area (Å²) in [5, 5.41) is 7.88. The average molecular weight is 498 g/mol. The molecule has 0 aromatic heterocycles. The highest BCUT2D eigenvalue weighted by atomic mass is 32.2. The van der Waals surface area contributed by atoms with E-state index < -0.39 is 26.0 Å². The van der Waals surface area contributed by atoms with E-state index in [2.05, 4.69) is 5.32 Å². The molecular weight excluding hydrogens is 470 g/mol. The van der Waals surface area contributed by atoms with E-state index in [4.69, 9.17) is 14.6 Å². The Bertz CT molecular complexity index is 1210. The minimum absolute atomic E-state index is 0.0131. The monoisotopic (exact) mass is 497 g/mol. The van der Waals surface area contributed by atoms with Gasteiger partial charge in [0.15, 0.2) is 11.5 Å². The van der Waals surface area contributed by atoms with Crippen LogP contribution in [0.1, 0.15) is 18.4 Å². The number of nitrogens with two attached hydrogens (primary N) is 1. The van der Waals surface area contributed by atoms with E-state index in [1.807, 2.05) is 0 Å². The summed E-state index contributed by atoms with van der Waals surface area (Å²) >= 11 is 0. The Hall–Kier alpha value is -2.67. The molecule has 0 radical (unpaired) electrons. The zero-order valence-corrected chi connectivity index (χ0v) is 20.0. The first-order valence-corrected chi connectivity index (χ1v) is 13.2. The SMILES string of the molecule is COc1ccc(S(=O)(=O)N2CCC[C@@H](C(=O)NCc3ccc(S(N)(=O)=O)cc3)C2)cc1OC. The highest BCUT2D eigenvalue weighted by Crippen LogP contribution is 2.32. The molecule has 2 aromatic carbocycles. The van der Waals surface area contributed by atoms with Gasteiger partial charge < -0.3 is 14.8 Å². The molecule has 0 bridgehead atoms. The fourth-order valence-corrected chi connectivity index (χ4v) is 5.69. The van der Waals surface area contributed by atoms with Gasteiger partial charge in [-0.15, -0.1) is 0 Å². The van der Waals surface area contributed by atoms with Gasteiger partial charge in [0.25, 0.3) is 0 Å². The molecule has 1 atom stereocenters. The molecule has 0 spiro atoms. The van der Waals surface area contributed by atoms with Gasteiger partial charge in [0, 0.05) is 25.7 Å². The first-order valence-electron chi connectivity index (χ1n) is 10.2. The molecule has 3 rings (SSSR count). The largest absolute Gasteiger partial charge is 0.493 e. The summed E-state index contributed by atoms with van der Waals surface area (Å²) in [6, 6.07) is 10.3. The van der Waals surface area contributed by atoms with Crippen LogP contribution < -0.4 is 19.9 Å². The summed E-state index contributed by atoms with van der Waals surface area (Å²) in [5.41, 5.74) is 0.696. The zero-order chi connectivity index (χ0) is 24.2. The summed E-state index contributed by atoms with van der Waals surface area (Å²) in [4.78, 5) is 12.8. The van der Waals surface area contributed by atoms with Crippen LogP contribution in [0.2, 0.25) is 0 Å². The number of benzene rings is 2. The predicted octanol–water partition coefficient (Wildman–Crippen LogP) is 1.07. The maximum Gasteiger partial charge on any atom is 0.243 e. The Labute approximate surface area is 193 Å². The molecule has 1 aliphatic heterocycles. The lowest BCUT2D eigenvalue weighted by Crippen LogP contribution is -2.45. The number of rotatable bonds is 8. The quantitative estimate of drug-likeness (QED) is 0.555. The van der Waals surface area contributed by atoms with Gasteiger partial charge in [-0.1, -0.05) is 12.1 Å². The summed E-state index contributed by atoms with van der Waals surface area (Å²) in [5.74, 6) is -0.0436. The standard InChI is InChI=1S/C21H27N3O7S2/c1-30-19-10-9-18(12-20(19)31-2)33(28,29)24-11-3-4-16(14-24)21(25)23-13-15-5-7-17(8-6-15)32(22,26)27/h5-10,12,16H,3-4,11,13-14H2,1-2H3,(H,23,25)(H2,22,26,27)/t16-/m1/s1. The van der Waals surface area contributed by atoms with Crippen molar-refractivity contribution >= 4 is 26.0 Å². The van der Waals surface area contributed by atoms with E-state index in [9.17, 15) is 21.6 Å². The molecule has 0 unspecified atom stereocenters. The normalized spacial score (nSPS) is 17.4. The van der Waals surface area contributed by atoms with Crippen molar-refractivity contribution in [3.05, 3.63) is 48.0 Å². The highest BCUT2D eigenvalue weighted by Gasteiger charge is 2.33. The molecule has 1 fully saturated rings. The maximum absolute atomic E-state index is 13.2. The molecule has 12 heteroatoms. The lowest BCUT2D eigenvalue weighted by molar-refractivity contribution is -0.126. The third-order valence-electron chi connectivity index (χ3n) is 5.47. The first-order chi connectivity index (χ1) is 15.6. The highest BCUT2D eigenvalue weighted by molar-refractivity contribution is 7.89. The summed E-state index contributed by atoms with van der Waals surface area (Å²) in [7, 11) is -4.71. The van der Waals surface area contributed by atoms with E-state index in [-0.39, 0.29) is 28.8 Å². The van der Waals surface area contributed by atoms with Crippen LogP contribution in [0, 0.1) is 5.92 Å². The number of amides is 1. The van der Waals surface area contributed by atoms with Crippen LogP contribution in [0.25, 0.3) is 0 Å². The van der Waals surface area contributed by atoms with E-state index in [0.29, 0.717) is 36.4 Å². The first kappa shape index (κ1) is 25.0. The third-order valence-corrected chi connectivity index (χ3v) is 8.26. The van der Waals surface area contributed by atoms with E-state index in [1.54, 1.807) is 12.1 Å². The number of primary sulfonamides is 1. The molecule has 1 amide bonds. The molecule has 0 aliphatic carbocycles. The number of sulfonamides is 2. The van der Waals surface area contributed by atoms with Gasteiger partial charge in [-0.3, -0.25) is 4.79 Å². The lowest BCUT2D eigenvalue weighted by Gasteiger charge is -2.31. The second-order valence-electron chi connectivity index (χ2n) is 7.63. The summed E-state index contributed by atoms with van der Waals surface area (Å²) < 4.78 is 60.7. The van der Waals surface area contributed by atoms with Crippen LogP contribution in [0.4, 0.5) is 0 Å². The Morgan fingerprint density at radius 3 is 2.27 bits per heavy atom. The van der Waals surface area contributed by atoms with Crippen LogP contribution in [0.3, 0.4) is 0 Å². The van der Waals surface area contributed by atoms with Crippen molar-refractivity contribution in [2.24, 2.45) is 11.1 Å². The van der Waals surface area contributed by atoms with Crippen molar-refractivity contribution < 1.29 is 31.1 Å². The van der Waals surface area contributed by atoms with Crippen LogP contribution in [0.5, 0.6) is 11.5 Å². The number of carbonyl (C=O) groups is 1. The third kappa shape index (κ3) is 5.82. The van der Waals surface area contributed by atoms with Crippen LogP contribution in [0.15, 0.2) is 52.3 Å². The lowest BCUT2D eigenvalue weighted by atomic mass is 9.99. The number of ether oxygens (including phenoxy) is 2. The van der Waals surface area contributed by atoms with Gasteiger partial charge in [-0.2, -0.15) is 4.31 Å². The minimum Gasteiger partial charge on any atom is -0.493 e.